The number of rotatable bonds is 4. The van der Waals surface area contributed by atoms with Gasteiger partial charge in [0.25, 0.3) is 0 Å². The SMILES string of the molecule is NCCCCc1ccccc1.[O-2].[V]. The van der Waals surface area contributed by atoms with Gasteiger partial charge in [0.1, 0.15) is 0 Å². The third-order valence-corrected chi connectivity index (χ3v) is 1.76. The molecule has 0 spiro atoms. The maximum atomic E-state index is 5.39. The molecule has 0 saturated heterocycles. The van der Waals surface area contributed by atoms with Crippen molar-refractivity contribution < 1.29 is 24.0 Å². The van der Waals surface area contributed by atoms with Gasteiger partial charge in [-0.1, -0.05) is 30.3 Å². The molecule has 0 saturated carbocycles. The van der Waals surface area contributed by atoms with Crippen molar-refractivity contribution in [1.82, 2.24) is 0 Å². The van der Waals surface area contributed by atoms with Crippen LogP contribution in [-0.4, -0.2) is 6.54 Å². The first kappa shape index (κ1) is 15.2. The van der Waals surface area contributed by atoms with E-state index in [0.717, 1.165) is 19.4 Å². The van der Waals surface area contributed by atoms with Crippen molar-refractivity contribution in [3.63, 3.8) is 0 Å². The Kier molecular flexibility index (Phi) is 11.5. The minimum Gasteiger partial charge on any atom is -2.00 e. The number of unbranched alkanes of at least 4 members (excludes halogenated alkanes) is 1. The van der Waals surface area contributed by atoms with Crippen LogP contribution < -0.4 is 5.73 Å². The molecule has 1 aromatic carbocycles. The molecule has 1 aromatic rings. The Bertz CT molecular complexity index is 191. The summed E-state index contributed by atoms with van der Waals surface area (Å²) in [6, 6.07) is 10.5. The van der Waals surface area contributed by atoms with Gasteiger partial charge in [0.15, 0.2) is 0 Å². The molecule has 0 fully saturated rings. The first-order valence-corrected chi connectivity index (χ1v) is 4.17. The van der Waals surface area contributed by atoms with Gasteiger partial charge in [-0.05, 0) is 31.4 Å². The van der Waals surface area contributed by atoms with Crippen molar-refractivity contribution in [2.24, 2.45) is 5.73 Å². The van der Waals surface area contributed by atoms with E-state index in [1.54, 1.807) is 0 Å². The average Bonchev–Trinajstić information content (AvgIpc) is 2.07. The quantitative estimate of drug-likeness (QED) is 0.767. The van der Waals surface area contributed by atoms with Gasteiger partial charge < -0.3 is 11.2 Å². The van der Waals surface area contributed by atoms with Crippen LogP contribution in [0.25, 0.3) is 0 Å². The number of aryl methyl sites for hydroxylation is 1. The number of benzene rings is 1. The molecule has 0 atom stereocenters. The average molecular weight is 216 g/mol. The van der Waals surface area contributed by atoms with Crippen LogP contribution >= 0.6 is 0 Å². The first-order valence-electron chi connectivity index (χ1n) is 4.17. The summed E-state index contributed by atoms with van der Waals surface area (Å²) in [5, 5.41) is 0. The molecule has 3 heteroatoms. The van der Waals surface area contributed by atoms with Crippen molar-refractivity contribution in [2.75, 3.05) is 6.54 Å². The summed E-state index contributed by atoms with van der Waals surface area (Å²) in [7, 11) is 0. The molecule has 0 unspecified atom stereocenters. The van der Waals surface area contributed by atoms with Gasteiger partial charge in [0, 0.05) is 18.6 Å². The summed E-state index contributed by atoms with van der Waals surface area (Å²) in [5.74, 6) is 0. The van der Waals surface area contributed by atoms with Crippen molar-refractivity contribution in [3.05, 3.63) is 35.9 Å². The van der Waals surface area contributed by atoms with Crippen LogP contribution in [0.15, 0.2) is 30.3 Å². The number of nitrogens with two attached hydrogens (primary N) is 1. The van der Waals surface area contributed by atoms with E-state index in [9.17, 15) is 0 Å². The minimum atomic E-state index is 0. The number of hydrogen-bond donors (Lipinski definition) is 1. The Morgan fingerprint density at radius 2 is 1.62 bits per heavy atom. The van der Waals surface area contributed by atoms with Crippen LogP contribution in [0.2, 0.25) is 0 Å². The summed E-state index contributed by atoms with van der Waals surface area (Å²) in [6.07, 6.45) is 3.51. The van der Waals surface area contributed by atoms with Crippen molar-refractivity contribution in [2.45, 2.75) is 19.3 Å². The molecule has 1 rings (SSSR count). The minimum absolute atomic E-state index is 0. The fourth-order valence-electron chi connectivity index (χ4n) is 1.12. The van der Waals surface area contributed by atoms with Gasteiger partial charge >= 0.3 is 0 Å². The zero-order valence-electron chi connectivity index (χ0n) is 7.65. The second-order valence-corrected chi connectivity index (χ2v) is 2.73. The predicted octanol–water partition coefficient (Wildman–Crippen LogP) is 1.85. The number of hydrogen-bond acceptors (Lipinski definition) is 1. The summed E-state index contributed by atoms with van der Waals surface area (Å²) in [5.41, 5.74) is 6.81. The smallest absolute Gasteiger partial charge is 0 e. The summed E-state index contributed by atoms with van der Waals surface area (Å²) < 4.78 is 0. The van der Waals surface area contributed by atoms with Gasteiger partial charge in [-0.25, -0.2) is 0 Å². The van der Waals surface area contributed by atoms with Crippen LogP contribution in [0.4, 0.5) is 0 Å². The molecule has 0 heterocycles. The Balaban J connectivity index is 0. The Labute approximate surface area is 91.7 Å². The third-order valence-electron chi connectivity index (χ3n) is 1.76. The zero-order chi connectivity index (χ0) is 7.94. The Hall–Kier alpha value is -0.276. The molecule has 0 aliphatic heterocycles. The molecule has 0 aliphatic carbocycles. The maximum Gasteiger partial charge on any atom is 0 e. The topological polar surface area (TPSA) is 54.5 Å². The normalized spacial score (nSPS) is 8.38. The van der Waals surface area contributed by atoms with Crippen LogP contribution in [0.1, 0.15) is 18.4 Å². The summed E-state index contributed by atoms with van der Waals surface area (Å²) in [6.45, 7) is 0.812. The molecule has 13 heavy (non-hydrogen) atoms. The molecule has 0 aliphatic rings. The van der Waals surface area contributed by atoms with Crippen molar-refractivity contribution in [3.8, 4) is 0 Å². The van der Waals surface area contributed by atoms with Crippen molar-refractivity contribution >= 4 is 0 Å². The molecule has 2 N–H and O–H groups in total. The van der Waals surface area contributed by atoms with Gasteiger partial charge in [0.05, 0.1) is 0 Å². The first-order chi connectivity index (χ1) is 5.43. The van der Waals surface area contributed by atoms with Crippen LogP contribution in [0.3, 0.4) is 0 Å². The van der Waals surface area contributed by atoms with Gasteiger partial charge in [0.2, 0.25) is 0 Å². The van der Waals surface area contributed by atoms with Crippen molar-refractivity contribution in [1.29, 1.82) is 0 Å². The molecular weight excluding hydrogens is 201 g/mol. The molecular formula is C10H15NOV-2. The van der Waals surface area contributed by atoms with E-state index in [0.29, 0.717) is 0 Å². The predicted molar refractivity (Wildman–Crippen MR) is 49.1 cm³/mol. The third kappa shape index (κ3) is 6.85. The molecule has 73 valence electrons. The standard InChI is InChI=1S/C10H15N.O.V/c11-9-5-4-8-10-6-2-1-3-7-10;;/h1-3,6-7H,4-5,8-9,11H2;;/q;-2;. The monoisotopic (exact) mass is 216 g/mol. The van der Waals surface area contributed by atoms with E-state index < -0.39 is 0 Å². The largest absolute Gasteiger partial charge is 2.00 e. The molecule has 0 aromatic heterocycles. The fraction of sp³-hybridized carbons (Fsp3) is 0.400. The van der Waals surface area contributed by atoms with E-state index in [2.05, 4.69) is 24.3 Å². The molecule has 0 bridgehead atoms. The molecule has 0 amide bonds. The van der Waals surface area contributed by atoms with Gasteiger partial charge in [-0.15, -0.1) is 0 Å². The van der Waals surface area contributed by atoms with E-state index >= 15 is 0 Å². The van der Waals surface area contributed by atoms with Gasteiger partial charge in [-0.3, -0.25) is 0 Å². The van der Waals surface area contributed by atoms with E-state index in [4.69, 9.17) is 5.73 Å². The second-order valence-electron chi connectivity index (χ2n) is 2.73. The van der Waals surface area contributed by atoms with E-state index in [1.807, 2.05) is 6.07 Å². The van der Waals surface area contributed by atoms with Gasteiger partial charge in [-0.2, -0.15) is 0 Å². The Morgan fingerprint density at radius 1 is 1.00 bits per heavy atom. The second kappa shape index (κ2) is 9.81. The van der Waals surface area contributed by atoms with Crippen LogP contribution in [0, 0.1) is 0 Å². The van der Waals surface area contributed by atoms with Crippen LogP contribution in [-0.2, 0) is 30.5 Å². The maximum absolute atomic E-state index is 5.39. The fourth-order valence-corrected chi connectivity index (χ4v) is 1.12. The van der Waals surface area contributed by atoms with E-state index in [-0.39, 0.29) is 24.0 Å². The summed E-state index contributed by atoms with van der Waals surface area (Å²) in [4.78, 5) is 0. The molecule has 2 nitrogen and oxygen atoms in total. The summed E-state index contributed by atoms with van der Waals surface area (Å²) >= 11 is 0. The zero-order valence-corrected chi connectivity index (χ0v) is 9.04. The van der Waals surface area contributed by atoms with E-state index in [1.165, 1.54) is 12.0 Å². The molecule has 1 radical (unpaired) electrons. The Morgan fingerprint density at radius 3 is 2.15 bits per heavy atom. The van der Waals surface area contributed by atoms with Crippen LogP contribution in [0.5, 0.6) is 0 Å².